The van der Waals surface area contributed by atoms with E-state index < -0.39 is 12.1 Å². The number of aromatic carboxylic acids is 1. The molecule has 1 amide bonds. The Kier molecular flexibility index (Phi) is 3.92. The van der Waals surface area contributed by atoms with Gasteiger partial charge in [-0.05, 0) is 12.1 Å². The van der Waals surface area contributed by atoms with Gasteiger partial charge in [-0.25, -0.2) is 9.78 Å². The smallest absolute Gasteiger partial charge is 0.355 e. The predicted molar refractivity (Wildman–Crippen MR) is 77.3 cm³/mol. The molecule has 114 valence electrons. The number of carbonyl (C=O) groups is 2. The van der Waals surface area contributed by atoms with E-state index in [4.69, 9.17) is 14.6 Å². The number of rotatable bonds is 4. The second-order valence-electron chi connectivity index (χ2n) is 4.51. The summed E-state index contributed by atoms with van der Waals surface area (Å²) in [7, 11) is 0. The zero-order chi connectivity index (χ0) is 15.5. The maximum Gasteiger partial charge on any atom is 0.355 e. The summed E-state index contributed by atoms with van der Waals surface area (Å²) in [5.74, 6) is -0.287. The van der Waals surface area contributed by atoms with Crippen molar-refractivity contribution in [3.63, 3.8) is 0 Å². The van der Waals surface area contributed by atoms with Crippen LogP contribution in [0, 0.1) is 0 Å². The van der Waals surface area contributed by atoms with Gasteiger partial charge in [0.2, 0.25) is 6.10 Å². The number of nitrogens with one attached hydrogen (secondary N) is 1. The number of carbonyl (C=O) groups excluding carboxylic acids is 1. The van der Waals surface area contributed by atoms with Crippen LogP contribution in [0.2, 0.25) is 0 Å². The average molecular weight is 320 g/mol. The summed E-state index contributed by atoms with van der Waals surface area (Å²) in [6, 6.07) is 7.12. The van der Waals surface area contributed by atoms with Crippen LogP contribution in [0.5, 0.6) is 11.5 Å². The number of fused-ring (bicyclic) bond motifs is 1. The lowest BCUT2D eigenvalue weighted by molar-refractivity contribution is -0.130. The van der Waals surface area contributed by atoms with Crippen molar-refractivity contribution in [1.82, 2.24) is 10.3 Å². The number of nitrogens with zero attached hydrogens (tertiary/aromatic N) is 1. The summed E-state index contributed by atoms with van der Waals surface area (Å²) < 4.78 is 11.0. The minimum absolute atomic E-state index is 0.0274. The molecule has 0 bridgehead atoms. The first-order chi connectivity index (χ1) is 10.6. The Morgan fingerprint density at radius 3 is 2.86 bits per heavy atom. The molecule has 1 atom stereocenters. The topological polar surface area (TPSA) is 97.8 Å². The fourth-order valence-electron chi connectivity index (χ4n) is 1.92. The normalized spacial score (nSPS) is 16.1. The van der Waals surface area contributed by atoms with Crippen molar-refractivity contribution in [2.24, 2.45) is 0 Å². The standard InChI is InChI=1S/C14H12N2O5S/c17-13(15-5-12-16-8(7-22-12)14(18)19)11-6-20-9-3-1-2-4-10(9)21-11/h1-4,7,11H,5-6H2,(H,15,17)(H,18,19). The van der Waals surface area contributed by atoms with Crippen LogP contribution < -0.4 is 14.8 Å². The van der Waals surface area contributed by atoms with Gasteiger partial charge in [-0.3, -0.25) is 4.79 Å². The molecule has 0 aliphatic carbocycles. The predicted octanol–water partition coefficient (Wildman–Crippen LogP) is 1.30. The molecule has 3 rings (SSSR count). The number of para-hydroxylation sites is 2. The van der Waals surface area contributed by atoms with Crippen molar-refractivity contribution >= 4 is 23.2 Å². The van der Waals surface area contributed by atoms with Crippen LogP contribution >= 0.6 is 11.3 Å². The Labute approximate surface area is 129 Å². The summed E-state index contributed by atoms with van der Waals surface area (Å²) in [5, 5.41) is 13.4. The largest absolute Gasteiger partial charge is 0.485 e. The van der Waals surface area contributed by atoms with Crippen molar-refractivity contribution < 1.29 is 24.2 Å². The second kappa shape index (κ2) is 6.02. The SMILES string of the molecule is O=C(O)c1csc(CNC(=O)C2COc3ccccc3O2)n1. The molecular formula is C14H12N2O5S. The van der Waals surface area contributed by atoms with Crippen LogP contribution in [0.3, 0.4) is 0 Å². The van der Waals surface area contributed by atoms with E-state index >= 15 is 0 Å². The van der Waals surface area contributed by atoms with E-state index in [0.29, 0.717) is 16.5 Å². The average Bonchev–Trinajstić information content (AvgIpc) is 3.01. The molecule has 1 aromatic heterocycles. The van der Waals surface area contributed by atoms with Gasteiger partial charge in [0.05, 0.1) is 6.54 Å². The molecule has 2 heterocycles. The molecule has 1 unspecified atom stereocenters. The monoisotopic (exact) mass is 320 g/mol. The number of aromatic nitrogens is 1. The zero-order valence-electron chi connectivity index (χ0n) is 11.3. The van der Waals surface area contributed by atoms with E-state index in [2.05, 4.69) is 10.3 Å². The highest BCUT2D eigenvalue weighted by atomic mass is 32.1. The molecule has 22 heavy (non-hydrogen) atoms. The van der Waals surface area contributed by atoms with E-state index in [1.807, 2.05) is 6.07 Å². The van der Waals surface area contributed by atoms with Gasteiger partial charge in [0.15, 0.2) is 17.2 Å². The number of ether oxygens (including phenoxy) is 2. The summed E-state index contributed by atoms with van der Waals surface area (Å²) in [5.41, 5.74) is -0.0274. The minimum atomic E-state index is -1.09. The molecule has 2 aromatic rings. The van der Waals surface area contributed by atoms with Crippen LogP contribution in [0.15, 0.2) is 29.6 Å². The van der Waals surface area contributed by atoms with E-state index in [1.165, 1.54) is 16.7 Å². The number of benzene rings is 1. The van der Waals surface area contributed by atoms with Gasteiger partial charge in [-0.15, -0.1) is 11.3 Å². The molecule has 2 N–H and O–H groups in total. The fraction of sp³-hybridized carbons (Fsp3) is 0.214. The third-order valence-corrected chi connectivity index (χ3v) is 3.83. The van der Waals surface area contributed by atoms with Crippen LogP contribution in [-0.4, -0.2) is 34.7 Å². The summed E-state index contributed by atoms with van der Waals surface area (Å²) in [6.07, 6.45) is -0.742. The number of thiazole rings is 1. The maximum absolute atomic E-state index is 12.1. The van der Waals surface area contributed by atoms with Crippen molar-refractivity contribution in [1.29, 1.82) is 0 Å². The fourth-order valence-corrected chi connectivity index (χ4v) is 2.62. The zero-order valence-corrected chi connectivity index (χ0v) is 12.1. The van der Waals surface area contributed by atoms with Crippen molar-refractivity contribution in [3.05, 3.63) is 40.3 Å². The van der Waals surface area contributed by atoms with Crippen LogP contribution in [0.1, 0.15) is 15.5 Å². The van der Waals surface area contributed by atoms with Crippen LogP contribution in [0.25, 0.3) is 0 Å². The number of hydrogen-bond acceptors (Lipinski definition) is 6. The Morgan fingerprint density at radius 2 is 2.14 bits per heavy atom. The Hall–Kier alpha value is -2.61. The van der Waals surface area contributed by atoms with Gasteiger partial charge in [0.25, 0.3) is 5.91 Å². The van der Waals surface area contributed by atoms with Gasteiger partial charge in [0.1, 0.15) is 11.6 Å². The van der Waals surface area contributed by atoms with Crippen molar-refractivity contribution in [2.75, 3.05) is 6.61 Å². The summed E-state index contributed by atoms with van der Waals surface area (Å²) in [6.45, 7) is 0.277. The molecule has 8 heteroatoms. The molecule has 1 aliphatic heterocycles. The first kappa shape index (κ1) is 14.3. The third-order valence-electron chi connectivity index (χ3n) is 2.99. The quantitative estimate of drug-likeness (QED) is 0.881. The minimum Gasteiger partial charge on any atom is -0.485 e. The second-order valence-corrected chi connectivity index (χ2v) is 5.46. The van der Waals surface area contributed by atoms with E-state index in [0.717, 1.165) is 0 Å². The van der Waals surface area contributed by atoms with E-state index in [-0.39, 0.29) is 24.8 Å². The first-order valence-corrected chi connectivity index (χ1v) is 7.35. The number of hydrogen-bond donors (Lipinski definition) is 2. The van der Waals surface area contributed by atoms with Gasteiger partial charge in [-0.2, -0.15) is 0 Å². The van der Waals surface area contributed by atoms with E-state index in [9.17, 15) is 9.59 Å². The lowest BCUT2D eigenvalue weighted by Gasteiger charge is -2.25. The molecule has 0 saturated carbocycles. The highest BCUT2D eigenvalue weighted by molar-refractivity contribution is 7.09. The van der Waals surface area contributed by atoms with Crippen LogP contribution in [-0.2, 0) is 11.3 Å². The van der Waals surface area contributed by atoms with Gasteiger partial charge >= 0.3 is 5.97 Å². The lowest BCUT2D eigenvalue weighted by Crippen LogP contribution is -2.43. The summed E-state index contributed by atoms with van der Waals surface area (Å²) >= 11 is 1.18. The maximum atomic E-state index is 12.1. The Bertz CT molecular complexity index is 715. The first-order valence-electron chi connectivity index (χ1n) is 6.47. The molecule has 0 fully saturated rings. The molecule has 1 aliphatic rings. The number of carboxylic acids is 1. The molecule has 0 saturated heterocycles. The number of carboxylic acid groups (broad SMARTS) is 1. The van der Waals surface area contributed by atoms with Gasteiger partial charge < -0.3 is 19.9 Å². The highest BCUT2D eigenvalue weighted by Gasteiger charge is 2.27. The van der Waals surface area contributed by atoms with E-state index in [1.54, 1.807) is 18.2 Å². The molecular weight excluding hydrogens is 308 g/mol. The number of amides is 1. The highest BCUT2D eigenvalue weighted by Crippen LogP contribution is 2.30. The third kappa shape index (κ3) is 3.01. The molecule has 7 nitrogen and oxygen atoms in total. The van der Waals surface area contributed by atoms with Crippen molar-refractivity contribution in [2.45, 2.75) is 12.6 Å². The van der Waals surface area contributed by atoms with Crippen LogP contribution in [0.4, 0.5) is 0 Å². The Balaban J connectivity index is 1.57. The molecule has 0 radical (unpaired) electrons. The van der Waals surface area contributed by atoms with Crippen molar-refractivity contribution in [3.8, 4) is 11.5 Å². The summed E-state index contributed by atoms with van der Waals surface area (Å²) in [4.78, 5) is 26.7. The molecule has 0 spiro atoms. The lowest BCUT2D eigenvalue weighted by atomic mass is 10.2. The Morgan fingerprint density at radius 1 is 1.36 bits per heavy atom. The van der Waals surface area contributed by atoms with Gasteiger partial charge in [-0.1, -0.05) is 12.1 Å². The molecule has 1 aromatic carbocycles. The van der Waals surface area contributed by atoms with Gasteiger partial charge in [0, 0.05) is 5.38 Å².